The van der Waals surface area contributed by atoms with E-state index < -0.39 is 6.10 Å². The van der Waals surface area contributed by atoms with Crippen molar-refractivity contribution in [1.82, 2.24) is 5.48 Å². The van der Waals surface area contributed by atoms with Gasteiger partial charge in [0.05, 0.1) is 13.2 Å². The minimum absolute atomic E-state index is 0.114. The second-order valence-electron chi connectivity index (χ2n) is 8.50. The number of rotatable bonds is 2. The van der Waals surface area contributed by atoms with Gasteiger partial charge in [0.15, 0.2) is 6.10 Å². The first-order valence-electron chi connectivity index (χ1n) is 8.32. The molecule has 24 heavy (non-hydrogen) atoms. The SMILES string of the molecule is COC(=O)[C@@H]1C[C@@H](c2cc(C(C)(C)C)c(O)c(C(C)(C)C)c2)NO1. The second kappa shape index (κ2) is 6.37. The number of benzene rings is 1. The summed E-state index contributed by atoms with van der Waals surface area (Å²) in [6.07, 6.45) is -0.102. The van der Waals surface area contributed by atoms with Gasteiger partial charge in [-0.2, -0.15) is 5.48 Å². The zero-order valence-corrected chi connectivity index (χ0v) is 15.7. The van der Waals surface area contributed by atoms with Crippen molar-refractivity contribution in [1.29, 1.82) is 0 Å². The van der Waals surface area contributed by atoms with Gasteiger partial charge in [0.2, 0.25) is 0 Å². The molecule has 0 aliphatic carbocycles. The Morgan fingerprint density at radius 2 is 1.67 bits per heavy atom. The Labute approximate surface area is 144 Å². The van der Waals surface area contributed by atoms with E-state index in [1.54, 1.807) is 0 Å². The van der Waals surface area contributed by atoms with Gasteiger partial charge in [-0.1, -0.05) is 41.5 Å². The highest BCUT2D eigenvalue weighted by Crippen LogP contribution is 2.42. The van der Waals surface area contributed by atoms with Crippen LogP contribution in [0.2, 0.25) is 0 Å². The number of phenolic OH excluding ortho intramolecular Hbond substituents is 1. The highest BCUT2D eigenvalue weighted by atomic mass is 16.7. The highest BCUT2D eigenvalue weighted by molar-refractivity contribution is 5.74. The number of aromatic hydroxyl groups is 1. The lowest BCUT2D eigenvalue weighted by molar-refractivity contribution is -0.154. The minimum atomic E-state index is -0.607. The monoisotopic (exact) mass is 335 g/mol. The third-order valence-electron chi connectivity index (χ3n) is 4.42. The third-order valence-corrected chi connectivity index (χ3v) is 4.42. The topological polar surface area (TPSA) is 67.8 Å². The number of ether oxygens (including phenoxy) is 1. The maximum absolute atomic E-state index is 11.7. The molecule has 0 saturated carbocycles. The van der Waals surface area contributed by atoms with Crippen molar-refractivity contribution in [3.05, 3.63) is 28.8 Å². The van der Waals surface area contributed by atoms with E-state index in [9.17, 15) is 9.90 Å². The molecule has 0 spiro atoms. The fourth-order valence-electron chi connectivity index (χ4n) is 2.96. The van der Waals surface area contributed by atoms with Gasteiger partial charge >= 0.3 is 5.97 Å². The van der Waals surface area contributed by atoms with Crippen molar-refractivity contribution in [2.45, 2.75) is 70.9 Å². The van der Waals surface area contributed by atoms with Crippen molar-refractivity contribution < 1.29 is 19.5 Å². The van der Waals surface area contributed by atoms with E-state index in [1.807, 2.05) is 12.1 Å². The number of phenols is 1. The standard InChI is InChI=1S/C19H29NO4/c1-18(2,3)12-8-11(9-13(16(12)21)19(4,5)6)14-10-15(24-20-14)17(22)23-7/h8-9,14-15,20-21H,10H2,1-7H3/t14-,15-/m0/s1. The molecule has 2 N–H and O–H groups in total. The van der Waals surface area contributed by atoms with Crippen LogP contribution < -0.4 is 5.48 Å². The molecule has 1 fully saturated rings. The fourth-order valence-corrected chi connectivity index (χ4v) is 2.96. The van der Waals surface area contributed by atoms with Crippen molar-refractivity contribution in [3.63, 3.8) is 0 Å². The molecule has 0 bridgehead atoms. The lowest BCUT2D eigenvalue weighted by atomic mass is 9.77. The molecule has 1 aromatic carbocycles. The summed E-state index contributed by atoms with van der Waals surface area (Å²) in [6.45, 7) is 12.5. The molecular formula is C19H29NO4. The van der Waals surface area contributed by atoms with Gasteiger partial charge in [-0.25, -0.2) is 4.79 Å². The number of methoxy groups -OCH3 is 1. The number of hydrogen-bond acceptors (Lipinski definition) is 5. The minimum Gasteiger partial charge on any atom is -0.507 e. The molecule has 1 aliphatic rings. The Morgan fingerprint density at radius 1 is 1.17 bits per heavy atom. The van der Waals surface area contributed by atoms with E-state index in [1.165, 1.54) is 7.11 Å². The Hall–Kier alpha value is -1.59. The zero-order valence-electron chi connectivity index (χ0n) is 15.7. The van der Waals surface area contributed by atoms with Crippen LogP contribution in [-0.4, -0.2) is 24.3 Å². The summed E-state index contributed by atoms with van der Waals surface area (Å²) in [5, 5.41) is 10.8. The molecular weight excluding hydrogens is 306 g/mol. The Kier molecular flexibility index (Phi) is 4.98. The molecule has 2 rings (SSSR count). The number of hydrogen-bond donors (Lipinski definition) is 2. The van der Waals surface area contributed by atoms with E-state index in [0.717, 1.165) is 16.7 Å². The lowest BCUT2D eigenvalue weighted by Gasteiger charge is -2.29. The molecule has 0 unspecified atom stereocenters. The van der Waals surface area contributed by atoms with Crippen LogP contribution in [0.15, 0.2) is 12.1 Å². The van der Waals surface area contributed by atoms with Gasteiger partial charge in [-0.15, -0.1) is 0 Å². The molecule has 1 saturated heterocycles. The summed E-state index contributed by atoms with van der Waals surface area (Å²) >= 11 is 0. The predicted octanol–water partition coefficient (Wildman–Crippen LogP) is 3.49. The molecule has 0 amide bonds. The summed E-state index contributed by atoms with van der Waals surface area (Å²) < 4.78 is 4.75. The normalized spacial score (nSPS) is 21.8. The van der Waals surface area contributed by atoms with Crippen molar-refractivity contribution >= 4 is 5.97 Å². The Bertz CT molecular complexity index is 590. The zero-order chi connectivity index (χ0) is 18.3. The van der Waals surface area contributed by atoms with Crippen molar-refractivity contribution in [2.75, 3.05) is 7.11 Å². The summed E-state index contributed by atoms with van der Waals surface area (Å²) in [5.74, 6) is -0.0296. The van der Waals surface area contributed by atoms with Crippen molar-refractivity contribution in [2.24, 2.45) is 0 Å². The largest absolute Gasteiger partial charge is 0.507 e. The van der Waals surface area contributed by atoms with Crippen LogP contribution in [0.4, 0.5) is 0 Å². The number of carbonyl (C=O) groups is 1. The predicted molar refractivity (Wildman–Crippen MR) is 92.9 cm³/mol. The summed E-state index contributed by atoms with van der Waals surface area (Å²) in [4.78, 5) is 17.0. The maximum atomic E-state index is 11.7. The quantitative estimate of drug-likeness (QED) is 0.810. The molecule has 5 nitrogen and oxygen atoms in total. The van der Waals surface area contributed by atoms with Gasteiger partial charge in [0.25, 0.3) is 0 Å². The van der Waals surface area contributed by atoms with Crippen molar-refractivity contribution in [3.8, 4) is 5.75 Å². The molecule has 2 atom stereocenters. The van der Waals surface area contributed by atoms with E-state index in [0.29, 0.717) is 12.2 Å². The smallest absolute Gasteiger partial charge is 0.337 e. The van der Waals surface area contributed by atoms with E-state index in [4.69, 9.17) is 9.57 Å². The molecule has 1 aromatic rings. The first kappa shape index (κ1) is 18.7. The molecule has 134 valence electrons. The summed E-state index contributed by atoms with van der Waals surface area (Å²) in [6, 6.07) is 3.90. The first-order valence-corrected chi connectivity index (χ1v) is 8.32. The lowest BCUT2D eigenvalue weighted by Crippen LogP contribution is -2.22. The van der Waals surface area contributed by atoms with Crippen LogP contribution in [0.1, 0.15) is 70.7 Å². The maximum Gasteiger partial charge on any atom is 0.337 e. The number of hydroxylamine groups is 1. The van der Waals surface area contributed by atoms with E-state index >= 15 is 0 Å². The Balaban J connectivity index is 2.46. The van der Waals surface area contributed by atoms with Crippen LogP contribution in [0.25, 0.3) is 0 Å². The van der Waals surface area contributed by atoms with Crippen LogP contribution in [0.5, 0.6) is 5.75 Å². The fraction of sp³-hybridized carbons (Fsp3) is 0.632. The van der Waals surface area contributed by atoms with Gasteiger partial charge in [-0.05, 0) is 39.7 Å². The third kappa shape index (κ3) is 3.73. The second-order valence-corrected chi connectivity index (χ2v) is 8.50. The van der Waals surface area contributed by atoms with Gasteiger partial charge in [-0.3, -0.25) is 4.84 Å². The van der Waals surface area contributed by atoms with Gasteiger partial charge in [0, 0.05) is 6.42 Å². The number of nitrogens with one attached hydrogen (secondary N) is 1. The van der Waals surface area contributed by atoms with E-state index in [2.05, 4.69) is 47.0 Å². The van der Waals surface area contributed by atoms with Gasteiger partial charge < -0.3 is 9.84 Å². The average molecular weight is 335 g/mol. The molecule has 1 aliphatic heterocycles. The van der Waals surface area contributed by atoms with Crippen LogP contribution >= 0.6 is 0 Å². The molecule has 1 heterocycles. The molecule has 5 heteroatoms. The Morgan fingerprint density at radius 3 is 2.08 bits per heavy atom. The van der Waals surface area contributed by atoms with Crippen LogP contribution in [0.3, 0.4) is 0 Å². The van der Waals surface area contributed by atoms with E-state index in [-0.39, 0.29) is 22.8 Å². The van der Waals surface area contributed by atoms with Gasteiger partial charge in [0.1, 0.15) is 5.75 Å². The highest BCUT2D eigenvalue weighted by Gasteiger charge is 2.35. The van der Waals surface area contributed by atoms with Crippen LogP contribution in [0, 0.1) is 0 Å². The average Bonchev–Trinajstić information content (AvgIpc) is 2.94. The summed E-state index contributed by atoms with van der Waals surface area (Å²) in [7, 11) is 1.36. The first-order chi connectivity index (χ1) is 10.9. The molecule has 0 radical (unpaired) electrons. The van der Waals surface area contributed by atoms with Crippen LogP contribution in [-0.2, 0) is 25.2 Å². The molecule has 0 aromatic heterocycles. The number of esters is 1. The summed E-state index contributed by atoms with van der Waals surface area (Å²) in [5.41, 5.74) is 5.35. The number of carbonyl (C=O) groups excluding carboxylic acids is 1.